The van der Waals surface area contributed by atoms with E-state index in [1.807, 2.05) is 68.8 Å². The molecule has 0 aliphatic rings. The third kappa shape index (κ3) is 5.73. The number of hydrogen-bond donors (Lipinski definition) is 2. The number of nitrogens with zero attached hydrogens (tertiary/aromatic N) is 3. The Hall–Kier alpha value is -3.13. The molecule has 1 aromatic carbocycles. The molecule has 0 aliphatic heterocycles. The summed E-state index contributed by atoms with van der Waals surface area (Å²) in [6, 6.07) is 13.1. The Bertz CT molecular complexity index is 1040. The minimum absolute atomic E-state index is 0.194. The molecule has 3 aromatic rings. The molecule has 2 amide bonds. The highest BCUT2D eigenvalue weighted by atomic mass is 32.1. The molecule has 0 bridgehead atoms. The van der Waals surface area contributed by atoms with Gasteiger partial charge in [-0.25, -0.2) is 9.78 Å². The topological polar surface area (TPSA) is 87.5 Å². The number of benzene rings is 1. The van der Waals surface area contributed by atoms with Gasteiger partial charge in [-0.2, -0.15) is 0 Å². The van der Waals surface area contributed by atoms with Gasteiger partial charge >= 0.3 is 6.09 Å². The Morgan fingerprint density at radius 3 is 2.48 bits per heavy atom. The molecule has 0 aliphatic carbocycles. The summed E-state index contributed by atoms with van der Waals surface area (Å²) in [4.78, 5) is 31.9. The van der Waals surface area contributed by atoms with E-state index in [4.69, 9.17) is 0 Å². The molecule has 1 unspecified atom stereocenters. The fourth-order valence-electron chi connectivity index (χ4n) is 3.37. The van der Waals surface area contributed by atoms with E-state index < -0.39 is 11.6 Å². The molecule has 0 saturated carbocycles. The third-order valence-corrected chi connectivity index (χ3v) is 6.11. The summed E-state index contributed by atoms with van der Waals surface area (Å²) in [5, 5.41) is 12.8. The predicted molar refractivity (Wildman–Crippen MR) is 122 cm³/mol. The molecule has 8 heteroatoms. The fourth-order valence-corrected chi connectivity index (χ4v) is 4.33. The van der Waals surface area contributed by atoms with E-state index in [-0.39, 0.29) is 18.5 Å². The first-order valence-electron chi connectivity index (χ1n) is 10.1. The van der Waals surface area contributed by atoms with Crippen molar-refractivity contribution in [2.75, 3.05) is 6.54 Å². The molecule has 0 spiro atoms. The molecule has 0 fully saturated rings. The lowest BCUT2D eigenvalue weighted by Gasteiger charge is -2.36. The molecule has 0 radical (unpaired) electrons. The molecule has 2 heterocycles. The summed E-state index contributed by atoms with van der Waals surface area (Å²) in [6.45, 7) is 5.74. The van der Waals surface area contributed by atoms with Gasteiger partial charge in [-0.05, 0) is 44.9 Å². The second-order valence-corrected chi connectivity index (χ2v) is 9.56. The van der Waals surface area contributed by atoms with Crippen molar-refractivity contribution in [3.05, 3.63) is 65.4 Å². The zero-order valence-corrected chi connectivity index (χ0v) is 19.0. The Morgan fingerprint density at radius 1 is 1.19 bits per heavy atom. The number of carbonyl (C=O) groups excluding carboxylic acids is 1. The van der Waals surface area contributed by atoms with Gasteiger partial charge in [-0.3, -0.25) is 4.79 Å². The molecular weight excluding hydrogens is 412 g/mol. The van der Waals surface area contributed by atoms with Crippen molar-refractivity contribution in [1.82, 2.24) is 19.8 Å². The first kappa shape index (κ1) is 22.6. The zero-order valence-electron chi connectivity index (χ0n) is 18.2. The second kappa shape index (κ2) is 9.34. The van der Waals surface area contributed by atoms with Crippen LogP contribution in [0.1, 0.15) is 36.0 Å². The van der Waals surface area contributed by atoms with Gasteiger partial charge in [0.1, 0.15) is 0 Å². The predicted octanol–water partition coefficient (Wildman–Crippen LogP) is 4.27. The number of carboxylic acid groups (broad SMARTS) is 1. The van der Waals surface area contributed by atoms with Crippen LogP contribution in [0.4, 0.5) is 4.79 Å². The lowest BCUT2D eigenvalue weighted by atomic mass is 10.0. The number of imidazole rings is 1. The van der Waals surface area contributed by atoms with Crippen LogP contribution in [0.3, 0.4) is 0 Å². The number of carbonyl (C=O) groups is 2. The Labute approximate surface area is 186 Å². The largest absolute Gasteiger partial charge is 0.465 e. The van der Waals surface area contributed by atoms with Gasteiger partial charge in [0.15, 0.2) is 0 Å². The summed E-state index contributed by atoms with van der Waals surface area (Å²) in [6.07, 6.45) is 3.01. The number of aryl methyl sites for hydroxylation is 1. The standard InChI is InChI=1S/C23H28N4O3S/c1-23(2,3)27(22(29)30)14-17(12-16-8-6-5-7-9-16)25-21(28)20-11-10-19(31-20)18-13-24-15-26(18)4/h5-11,13,15,17H,12,14H2,1-4H3,(H,25,28)(H,29,30). The molecule has 164 valence electrons. The third-order valence-electron chi connectivity index (χ3n) is 5.00. The van der Waals surface area contributed by atoms with E-state index >= 15 is 0 Å². The van der Waals surface area contributed by atoms with E-state index in [1.54, 1.807) is 18.6 Å². The van der Waals surface area contributed by atoms with Crippen LogP contribution >= 0.6 is 11.3 Å². The summed E-state index contributed by atoms with van der Waals surface area (Å²) in [5.41, 5.74) is 1.39. The molecule has 3 rings (SSSR count). The van der Waals surface area contributed by atoms with E-state index in [0.717, 1.165) is 16.1 Å². The van der Waals surface area contributed by atoms with Gasteiger partial charge in [0.05, 0.1) is 34.0 Å². The SMILES string of the molecule is Cn1cncc1-c1ccc(C(=O)NC(Cc2ccccc2)CN(C(=O)O)C(C)(C)C)s1. The van der Waals surface area contributed by atoms with Gasteiger partial charge in [-0.15, -0.1) is 11.3 Å². The summed E-state index contributed by atoms with van der Waals surface area (Å²) in [5.74, 6) is -0.210. The minimum atomic E-state index is -1.01. The van der Waals surface area contributed by atoms with Crippen molar-refractivity contribution >= 4 is 23.3 Å². The quantitative estimate of drug-likeness (QED) is 0.574. The van der Waals surface area contributed by atoms with E-state index in [9.17, 15) is 14.7 Å². The molecule has 0 saturated heterocycles. The number of hydrogen-bond acceptors (Lipinski definition) is 4. The van der Waals surface area contributed by atoms with Crippen molar-refractivity contribution in [3.63, 3.8) is 0 Å². The van der Waals surface area contributed by atoms with Crippen molar-refractivity contribution in [2.24, 2.45) is 7.05 Å². The maximum Gasteiger partial charge on any atom is 0.407 e. The normalized spacial score (nSPS) is 12.4. The van der Waals surface area contributed by atoms with Crippen LogP contribution in [0.15, 0.2) is 55.0 Å². The summed E-state index contributed by atoms with van der Waals surface area (Å²) in [7, 11) is 1.91. The van der Waals surface area contributed by atoms with Crippen molar-refractivity contribution in [3.8, 4) is 10.6 Å². The fraction of sp³-hybridized carbons (Fsp3) is 0.348. The van der Waals surface area contributed by atoms with Crippen molar-refractivity contribution in [2.45, 2.75) is 38.8 Å². The highest BCUT2D eigenvalue weighted by molar-refractivity contribution is 7.17. The smallest absolute Gasteiger partial charge is 0.407 e. The van der Waals surface area contributed by atoms with E-state index in [1.165, 1.54) is 16.2 Å². The highest BCUT2D eigenvalue weighted by Crippen LogP contribution is 2.27. The molecule has 1 atom stereocenters. The van der Waals surface area contributed by atoms with Crippen LogP contribution in [0.2, 0.25) is 0 Å². The summed E-state index contributed by atoms with van der Waals surface area (Å²) < 4.78 is 1.90. The van der Waals surface area contributed by atoms with Crippen LogP contribution in [-0.4, -0.2) is 49.7 Å². The van der Waals surface area contributed by atoms with Gasteiger partial charge in [0.2, 0.25) is 0 Å². The Morgan fingerprint density at radius 2 is 1.90 bits per heavy atom. The number of aromatic nitrogens is 2. The zero-order chi connectivity index (χ0) is 22.6. The summed E-state index contributed by atoms with van der Waals surface area (Å²) >= 11 is 1.39. The van der Waals surface area contributed by atoms with Crippen molar-refractivity contribution < 1.29 is 14.7 Å². The van der Waals surface area contributed by atoms with Gasteiger partial charge < -0.3 is 19.9 Å². The van der Waals surface area contributed by atoms with Crippen LogP contribution in [0, 0.1) is 0 Å². The maximum absolute atomic E-state index is 13.0. The lowest BCUT2D eigenvalue weighted by molar-refractivity contribution is 0.0824. The van der Waals surface area contributed by atoms with E-state index in [2.05, 4.69) is 10.3 Å². The average Bonchev–Trinajstić information content (AvgIpc) is 3.34. The average molecular weight is 441 g/mol. The van der Waals surface area contributed by atoms with Crippen LogP contribution in [0.5, 0.6) is 0 Å². The van der Waals surface area contributed by atoms with Crippen molar-refractivity contribution in [1.29, 1.82) is 0 Å². The minimum Gasteiger partial charge on any atom is -0.465 e. The second-order valence-electron chi connectivity index (χ2n) is 8.48. The van der Waals surface area contributed by atoms with Crippen LogP contribution < -0.4 is 5.32 Å². The first-order valence-corrected chi connectivity index (χ1v) is 10.9. The highest BCUT2D eigenvalue weighted by Gasteiger charge is 2.29. The van der Waals surface area contributed by atoms with E-state index in [0.29, 0.717) is 11.3 Å². The Kier molecular flexibility index (Phi) is 6.80. The first-order chi connectivity index (χ1) is 14.6. The molecular formula is C23H28N4O3S. The molecule has 2 aromatic heterocycles. The molecule has 31 heavy (non-hydrogen) atoms. The molecule has 2 N–H and O–H groups in total. The monoisotopic (exact) mass is 440 g/mol. The van der Waals surface area contributed by atoms with Gasteiger partial charge in [-0.1, -0.05) is 30.3 Å². The van der Waals surface area contributed by atoms with Crippen LogP contribution in [-0.2, 0) is 13.5 Å². The number of rotatable bonds is 7. The van der Waals surface area contributed by atoms with Crippen LogP contribution in [0.25, 0.3) is 10.6 Å². The number of amides is 2. The van der Waals surface area contributed by atoms with Gasteiger partial charge in [0, 0.05) is 19.1 Å². The number of nitrogens with one attached hydrogen (secondary N) is 1. The molecule has 7 nitrogen and oxygen atoms in total. The number of thiophene rings is 1. The Balaban J connectivity index is 1.80. The maximum atomic E-state index is 13.0. The van der Waals surface area contributed by atoms with Gasteiger partial charge in [0.25, 0.3) is 5.91 Å². The lowest BCUT2D eigenvalue weighted by Crippen LogP contribution is -2.53.